The zero-order valence-corrected chi connectivity index (χ0v) is 33.0. The number of allylic oxidation sites excluding steroid dienone is 1. The molecule has 318 valence electrons. The van der Waals surface area contributed by atoms with Crippen molar-refractivity contribution in [2.45, 2.75) is 106 Å². The van der Waals surface area contributed by atoms with E-state index in [1.165, 1.54) is 26.3 Å². The summed E-state index contributed by atoms with van der Waals surface area (Å²) in [7, 11) is -3.20. The number of halogens is 5. The number of rotatable bonds is 9. The molecule has 2 aromatic rings. The van der Waals surface area contributed by atoms with Gasteiger partial charge in [0, 0.05) is 30.0 Å². The Hall–Kier alpha value is -4.75. The Balaban J connectivity index is 1.42. The topological polar surface area (TPSA) is 185 Å². The summed E-state index contributed by atoms with van der Waals surface area (Å²) < 4.78 is 109. The van der Waals surface area contributed by atoms with E-state index in [4.69, 9.17) is 9.47 Å². The van der Waals surface area contributed by atoms with Crippen LogP contribution in [-0.4, -0.2) is 113 Å². The summed E-state index contributed by atoms with van der Waals surface area (Å²) >= 11 is 0. The van der Waals surface area contributed by atoms with Crippen LogP contribution < -0.4 is 19.5 Å². The number of nitrogens with zero attached hydrogens (tertiary/aromatic N) is 3. The summed E-state index contributed by atoms with van der Waals surface area (Å²) in [5.41, 5.74) is -1.87. The summed E-state index contributed by atoms with van der Waals surface area (Å²) in [6, 6.07) is -2.39. The molecule has 2 aliphatic heterocycles. The molecule has 14 nitrogen and oxygen atoms in total. The molecule has 0 spiro atoms. The molecule has 20 heteroatoms. The van der Waals surface area contributed by atoms with Gasteiger partial charge in [0.1, 0.15) is 52.8 Å². The lowest BCUT2D eigenvalue weighted by Crippen LogP contribution is -2.62. The zero-order valence-electron chi connectivity index (χ0n) is 32.2. The Bertz CT molecular complexity index is 2100. The lowest BCUT2D eigenvalue weighted by atomic mass is 9.86. The smallest absolute Gasteiger partial charge is 0.408 e. The van der Waals surface area contributed by atoms with E-state index in [1.54, 1.807) is 19.1 Å². The van der Waals surface area contributed by atoms with Crippen molar-refractivity contribution in [3.63, 3.8) is 0 Å². The first-order valence-electron chi connectivity index (χ1n) is 19.0. The fraction of sp³-hybridized carbons (Fsp3) is 0.605. The third kappa shape index (κ3) is 8.12. The number of aromatic nitrogens is 1. The van der Waals surface area contributed by atoms with E-state index in [0.717, 1.165) is 17.0 Å². The highest BCUT2D eigenvalue weighted by molar-refractivity contribution is 7.91. The molecule has 0 unspecified atom stereocenters. The largest absolute Gasteiger partial charge is 0.496 e. The van der Waals surface area contributed by atoms with E-state index < -0.39 is 105 Å². The van der Waals surface area contributed by atoms with Crippen LogP contribution in [0.2, 0.25) is 0 Å². The van der Waals surface area contributed by atoms with Crippen LogP contribution in [-0.2, 0) is 24.4 Å². The van der Waals surface area contributed by atoms with Gasteiger partial charge in [-0.25, -0.2) is 27.0 Å². The van der Waals surface area contributed by atoms with Crippen molar-refractivity contribution in [1.82, 2.24) is 24.8 Å². The number of ether oxygens (including phenoxy) is 2. The summed E-state index contributed by atoms with van der Waals surface area (Å²) in [6.45, 7) is 2.16. The van der Waals surface area contributed by atoms with Gasteiger partial charge in [0.15, 0.2) is 0 Å². The Morgan fingerprint density at radius 3 is 2.50 bits per heavy atom. The van der Waals surface area contributed by atoms with Crippen molar-refractivity contribution >= 4 is 44.6 Å². The van der Waals surface area contributed by atoms with E-state index in [1.807, 2.05) is 4.72 Å². The number of amides is 4. The molecule has 4 aliphatic rings. The molecular formula is C38H46F5N5O9S. The number of carbonyl (C=O) groups excluding carboxylic acids is 3. The molecule has 2 aliphatic carbocycles. The van der Waals surface area contributed by atoms with Crippen LogP contribution in [0, 0.1) is 23.6 Å². The summed E-state index contributed by atoms with van der Waals surface area (Å²) in [5.74, 6) is -5.94. The van der Waals surface area contributed by atoms with Crippen molar-refractivity contribution in [3.05, 3.63) is 42.4 Å². The van der Waals surface area contributed by atoms with Crippen molar-refractivity contribution in [1.29, 1.82) is 0 Å². The second-order valence-electron chi connectivity index (χ2n) is 16.0. The van der Waals surface area contributed by atoms with Crippen LogP contribution in [0.25, 0.3) is 10.8 Å². The van der Waals surface area contributed by atoms with Gasteiger partial charge < -0.3 is 24.8 Å². The molecule has 1 aromatic heterocycles. The number of methoxy groups -OCH3 is 1. The van der Waals surface area contributed by atoms with Crippen molar-refractivity contribution in [2.24, 2.45) is 17.8 Å². The van der Waals surface area contributed by atoms with Gasteiger partial charge in [0.2, 0.25) is 27.7 Å². The predicted molar refractivity (Wildman–Crippen MR) is 197 cm³/mol. The number of pyridine rings is 1. The first-order chi connectivity index (χ1) is 27.2. The van der Waals surface area contributed by atoms with Crippen molar-refractivity contribution < 1.29 is 64.1 Å². The number of carboxylic acid groups (broad SMARTS) is 1. The molecule has 1 aromatic carbocycles. The standard InChI is InChI=1S/C38H46F5N5O9S/c1-20-7-5-6-8-23-17-37(23,34(51)46-58(54,55)36(19-39)10-11-36)45-31(49)28-16-25(57-32-27-14-24(40)15-29(56-4)26(27)9-12-44-32)18-47(28)33(50)30(21(2)13-20)48(35(52)53)22(3)38(41,42)43/h6,8-9,12,14-15,20-23,25,28,30H,5,7,10-11,13,16-19H2,1-4H3,(H,45,49)(H,46,51)(H,52,53)/b8-6-/t20-,21-,22-,23-,25-,28+,30+,37-/m1/s1. The summed E-state index contributed by atoms with van der Waals surface area (Å²) in [6.07, 6.45) is -3.04. The van der Waals surface area contributed by atoms with Gasteiger partial charge in [-0.1, -0.05) is 26.0 Å². The molecule has 6 rings (SSSR count). The average Bonchev–Trinajstić information content (AvgIpc) is 4.05. The van der Waals surface area contributed by atoms with Crippen LogP contribution in [0.5, 0.6) is 11.6 Å². The van der Waals surface area contributed by atoms with Gasteiger partial charge >= 0.3 is 12.3 Å². The molecule has 4 amide bonds. The minimum Gasteiger partial charge on any atom is -0.496 e. The minimum absolute atomic E-state index is 0.0155. The minimum atomic E-state index is -5.09. The molecule has 0 radical (unpaired) electrons. The molecule has 3 fully saturated rings. The maximum Gasteiger partial charge on any atom is 0.408 e. The monoisotopic (exact) mass is 843 g/mol. The normalized spacial score (nSPS) is 29.8. The van der Waals surface area contributed by atoms with E-state index in [9.17, 15) is 54.7 Å². The molecule has 58 heavy (non-hydrogen) atoms. The van der Waals surface area contributed by atoms with Crippen LogP contribution >= 0.6 is 0 Å². The Labute approximate surface area is 331 Å². The number of carbonyl (C=O) groups is 4. The highest BCUT2D eigenvalue weighted by Gasteiger charge is 2.64. The maximum atomic E-state index is 14.8. The van der Waals surface area contributed by atoms with Gasteiger partial charge in [0.05, 0.1) is 19.0 Å². The van der Waals surface area contributed by atoms with E-state index in [2.05, 4.69) is 10.3 Å². The highest BCUT2D eigenvalue weighted by atomic mass is 32.2. The van der Waals surface area contributed by atoms with E-state index in [0.29, 0.717) is 25.2 Å². The quantitative estimate of drug-likeness (QED) is 0.233. The molecular weight excluding hydrogens is 798 g/mol. The van der Waals surface area contributed by atoms with Crippen LogP contribution in [0.1, 0.15) is 65.7 Å². The lowest BCUT2D eigenvalue weighted by molar-refractivity contribution is -0.184. The van der Waals surface area contributed by atoms with Crippen molar-refractivity contribution in [3.8, 4) is 11.6 Å². The highest BCUT2D eigenvalue weighted by Crippen LogP contribution is 2.48. The van der Waals surface area contributed by atoms with Crippen molar-refractivity contribution in [2.75, 3.05) is 20.3 Å². The average molecular weight is 844 g/mol. The van der Waals surface area contributed by atoms with Crippen LogP contribution in [0.15, 0.2) is 36.5 Å². The van der Waals surface area contributed by atoms with Gasteiger partial charge in [-0.15, -0.1) is 0 Å². The van der Waals surface area contributed by atoms with Gasteiger partial charge in [-0.2, -0.15) is 13.2 Å². The number of fused-ring (bicyclic) bond motifs is 3. The van der Waals surface area contributed by atoms with E-state index in [-0.39, 0.29) is 59.9 Å². The Kier molecular flexibility index (Phi) is 11.7. The van der Waals surface area contributed by atoms with Crippen LogP contribution in [0.3, 0.4) is 0 Å². The zero-order chi connectivity index (χ0) is 42.5. The van der Waals surface area contributed by atoms with Crippen LogP contribution in [0.4, 0.5) is 26.7 Å². The second kappa shape index (κ2) is 15.8. The molecule has 3 N–H and O–H groups in total. The number of hydrogen-bond acceptors (Lipinski definition) is 9. The third-order valence-corrected chi connectivity index (χ3v) is 14.0. The Morgan fingerprint density at radius 2 is 1.88 bits per heavy atom. The fourth-order valence-corrected chi connectivity index (χ4v) is 9.64. The molecule has 2 saturated carbocycles. The summed E-state index contributed by atoms with van der Waals surface area (Å²) in [4.78, 5) is 61.0. The Morgan fingerprint density at radius 1 is 1.17 bits per heavy atom. The predicted octanol–water partition coefficient (Wildman–Crippen LogP) is 4.87. The second-order valence-corrected chi connectivity index (χ2v) is 18.1. The lowest BCUT2D eigenvalue weighted by Gasteiger charge is -2.40. The molecule has 8 atom stereocenters. The van der Waals surface area contributed by atoms with Gasteiger partial charge in [-0.05, 0) is 69.4 Å². The van der Waals surface area contributed by atoms with Gasteiger partial charge in [-0.3, -0.25) is 24.0 Å². The van der Waals surface area contributed by atoms with E-state index >= 15 is 0 Å². The third-order valence-electron chi connectivity index (χ3n) is 11.9. The fourth-order valence-electron chi connectivity index (χ4n) is 8.22. The summed E-state index contributed by atoms with van der Waals surface area (Å²) in [5, 5.41) is 13.4. The first kappa shape index (κ1) is 42.8. The number of nitrogens with one attached hydrogen (secondary N) is 2. The molecule has 0 bridgehead atoms. The number of alkyl halides is 4. The van der Waals surface area contributed by atoms with Gasteiger partial charge in [0.25, 0.3) is 5.91 Å². The number of sulfonamides is 1. The SMILES string of the molecule is COc1cc(F)cc2c(O[C@@H]3C[C@H]4C(=O)N[C@]5(C(=O)NS(=O)(=O)C6(CF)CC6)C[C@H]5/C=C\CC[C@@H](C)C[C@@H](C)[C@H](N(C(=O)O)[C@H](C)C(F)(F)F)C(=O)N4C3)nccc12. The molecule has 1 saturated heterocycles. The molecule has 3 heterocycles. The number of benzene rings is 1. The maximum absolute atomic E-state index is 14.8. The first-order valence-corrected chi connectivity index (χ1v) is 20.5. The number of hydrogen-bond donors (Lipinski definition) is 3.